The van der Waals surface area contributed by atoms with Gasteiger partial charge in [0.15, 0.2) is 5.13 Å². The molecule has 0 unspecified atom stereocenters. The highest BCUT2D eigenvalue weighted by molar-refractivity contribution is 7.22. The highest BCUT2D eigenvalue weighted by Crippen LogP contribution is 2.32. The molecular formula is C25H25N3O2S. The smallest absolute Gasteiger partial charge is 0.260 e. The summed E-state index contributed by atoms with van der Waals surface area (Å²) in [5, 5.41) is 0.677. The first-order valence-corrected chi connectivity index (χ1v) is 11.1. The molecule has 2 heterocycles. The molecule has 4 rings (SSSR count). The number of amides is 1. The normalized spacial score (nSPS) is 11.1. The van der Waals surface area contributed by atoms with Crippen molar-refractivity contribution in [2.45, 2.75) is 40.3 Å². The van der Waals surface area contributed by atoms with E-state index in [1.54, 1.807) is 29.4 Å². The third kappa shape index (κ3) is 4.75. The molecule has 0 saturated carbocycles. The van der Waals surface area contributed by atoms with Crippen LogP contribution >= 0.6 is 11.3 Å². The van der Waals surface area contributed by atoms with Gasteiger partial charge in [-0.1, -0.05) is 17.4 Å². The topological polar surface area (TPSA) is 55.3 Å². The van der Waals surface area contributed by atoms with E-state index in [4.69, 9.17) is 9.72 Å². The van der Waals surface area contributed by atoms with Crippen LogP contribution in [0.25, 0.3) is 10.2 Å². The standard InChI is InChI=1S/C25H25N3O2S/c1-16(2)30-21-9-7-20(8-10-21)24(29)28(15-19-6-5-11-26-14-19)25-27-22-12-17(3)18(4)13-23(22)31-25/h5-14,16H,15H2,1-4H3. The maximum Gasteiger partial charge on any atom is 0.260 e. The summed E-state index contributed by atoms with van der Waals surface area (Å²) in [5.41, 5.74) is 4.85. The molecule has 5 nitrogen and oxygen atoms in total. The summed E-state index contributed by atoms with van der Waals surface area (Å²) in [7, 11) is 0. The molecule has 0 saturated heterocycles. The summed E-state index contributed by atoms with van der Waals surface area (Å²) in [6.45, 7) is 8.52. The largest absolute Gasteiger partial charge is 0.491 e. The zero-order chi connectivity index (χ0) is 22.0. The third-order valence-electron chi connectivity index (χ3n) is 5.01. The lowest BCUT2D eigenvalue weighted by atomic mass is 10.1. The monoisotopic (exact) mass is 431 g/mol. The van der Waals surface area contributed by atoms with Gasteiger partial charge in [-0.15, -0.1) is 0 Å². The Labute approximate surface area is 186 Å². The van der Waals surface area contributed by atoms with Crippen LogP contribution in [0.15, 0.2) is 60.9 Å². The number of rotatable bonds is 6. The number of hydrogen-bond acceptors (Lipinski definition) is 5. The Morgan fingerprint density at radius 2 is 1.84 bits per heavy atom. The highest BCUT2D eigenvalue weighted by Gasteiger charge is 2.22. The van der Waals surface area contributed by atoms with E-state index in [-0.39, 0.29) is 12.0 Å². The molecule has 0 aliphatic carbocycles. The van der Waals surface area contributed by atoms with Crippen molar-refractivity contribution in [1.29, 1.82) is 0 Å². The zero-order valence-electron chi connectivity index (χ0n) is 18.1. The first kappa shape index (κ1) is 21.0. The average molecular weight is 432 g/mol. The van der Waals surface area contributed by atoms with Gasteiger partial charge in [-0.3, -0.25) is 14.7 Å². The molecule has 0 aliphatic rings. The van der Waals surface area contributed by atoms with E-state index in [2.05, 4.69) is 31.0 Å². The number of pyridine rings is 1. The van der Waals surface area contributed by atoms with Crippen LogP contribution < -0.4 is 9.64 Å². The van der Waals surface area contributed by atoms with Crippen LogP contribution in [0.5, 0.6) is 5.75 Å². The average Bonchev–Trinajstić information content (AvgIpc) is 3.15. The summed E-state index contributed by atoms with van der Waals surface area (Å²) in [5.74, 6) is 0.642. The van der Waals surface area contributed by atoms with Crippen LogP contribution in [0, 0.1) is 13.8 Å². The van der Waals surface area contributed by atoms with E-state index in [1.807, 2.05) is 38.1 Å². The fraction of sp³-hybridized carbons (Fsp3) is 0.240. The Kier molecular flexibility index (Phi) is 6.00. The van der Waals surface area contributed by atoms with E-state index < -0.39 is 0 Å². The summed E-state index contributed by atoms with van der Waals surface area (Å²) in [6, 6.07) is 15.3. The number of benzene rings is 2. The minimum Gasteiger partial charge on any atom is -0.491 e. The lowest BCUT2D eigenvalue weighted by Crippen LogP contribution is -2.30. The Morgan fingerprint density at radius 3 is 2.52 bits per heavy atom. The van der Waals surface area contributed by atoms with Gasteiger partial charge >= 0.3 is 0 Å². The predicted octanol–water partition coefficient (Wildman–Crippen LogP) is 5.94. The van der Waals surface area contributed by atoms with E-state index >= 15 is 0 Å². The number of ether oxygens (including phenoxy) is 1. The van der Waals surface area contributed by atoms with Gasteiger partial charge in [0.1, 0.15) is 5.75 Å². The van der Waals surface area contributed by atoms with Crippen molar-refractivity contribution < 1.29 is 9.53 Å². The number of aryl methyl sites for hydroxylation is 2. The molecule has 2 aromatic carbocycles. The van der Waals surface area contributed by atoms with Gasteiger partial charge in [0.2, 0.25) is 0 Å². The van der Waals surface area contributed by atoms with Crippen molar-refractivity contribution in [2.24, 2.45) is 0 Å². The number of anilines is 1. The van der Waals surface area contributed by atoms with Crippen LogP contribution in [-0.2, 0) is 6.54 Å². The molecule has 0 spiro atoms. The van der Waals surface area contributed by atoms with Crippen LogP contribution in [0.3, 0.4) is 0 Å². The highest BCUT2D eigenvalue weighted by atomic mass is 32.1. The molecule has 0 N–H and O–H groups in total. The molecule has 0 bridgehead atoms. The molecule has 158 valence electrons. The van der Waals surface area contributed by atoms with Crippen molar-refractivity contribution in [3.8, 4) is 5.75 Å². The van der Waals surface area contributed by atoms with Crippen LogP contribution in [0.1, 0.15) is 40.9 Å². The first-order chi connectivity index (χ1) is 14.9. The van der Waals surface area contributed by atoms with Crippen LogP contribution in [0.4, 0.5) is 5.13 Å². The number of fused-ring (bicyclic) bond motifs is 1. The number of nitrogens with zero attached hydrogens (tertiary/aromatic N) is 3. The second kappa shape index (κ2) is 8.86. The SMILES string of the molecule is Cc1cc2nc(N(Cc3cccnc3)C(=O)c3ccc(OC(C)C)cc3)sc2cc1C. The zero-order valence-corrected chi connectivity index (χ0v) is 18.9. The van der Waals surface area contributed by atoms with Crippen LogP contribution in [-0.4, -0.2) is 22.0 Å². The lowest BCUT2D eigenvalue weighted by Gasteiger charge is -2.20. The molecule has 31 heavy (non-hydrogen) atoms. The van der Waals surface area contributed by atoms with Gasteiger partial charge in [0.05, 0.1) is 22.9 Å². The number of aromatic nitrogens is 2. The van der Waals surface area contributed by atoms with Crippen molar-refractivity contribution >= 4 is 32.6 Å². The Morgan fingerprint density at radius 1 is 1.10 bits per heavy atom. The Hall–Kier alpha value is -3.25. The minimum absolute atomic E-state index is 0.0818. The molecule has 4 aromatic rings. The number of carbonyl (C=O) groups excluding carboxylic acids is 1. The lowest BCUT2D eigenvalue weighted by molar-refractivity contribution is 0.0985. The maximum atomic E-state index is 13.5. The fourth-order valence-corrected chi connectivity index (χ4v) is 4.33. The summed E-state index contributed by atoms with van der Waals surface area (Å²) in [4.78, 5) is 24.2. The Bertz CT molecular complexity index is 1160. The van der Waals surface area contributed by atoms with Gasteiger partial charge in [0, 0.05) is 18.0 Å². The minimum atomic E-state index is -0.104. The third-order valence-corrected chi connectivity index (χ3v) is 6.05. The number of hydrogen-bond donors (Lipinski definition) is 0. The van der Waals surface area contributed by atoms with E-state index in [1.165, 1.54) is 22.5 Å². The van der Waals surface area contributed by atoms with Gasteiger partial charge < -0.3 is 4.74 Å². The second-order valence-electron chi connectivity index (χ2n) is 7.84. The van der Waals surface area contributed by atoms with Crippen molar-refractivity contribution in [1.82, 2.24) is 9.97 Å². The second-order valence-corrected chi connectivity index (χ2v) is 8.85. The summed E-state index contributed by atoms with van der Waals surface area (Å²) < 4.78 is 6.78. The molecular weight excluding hydrogens is 406 g/mol. The summed E-state index contributed by atoms with van der Waals surface area (Å²) in [6.07, 6.45) is 3.59. The van der Waals surface area contributed by atoms with Crippen LogP contribution in [0.2, 0.25) is 0 Å². The van der Waals surface area contributed by atoms with Gasteiger partial charge in [-0.2, -0.15) is 0 Å². The molecule has 0 atom stereocenters. The molecule has 0 aliphatic heterocycles. The number of carbonyl (C=O) groups is 1. The summed E-state index contributed by atoms with van der Waals surface area (Å²) >= 11 is 1.53. The van der Waals surface area contributed by atoms with Crippen molar-refractivity contribution in [3.63, 3.8) is 0 Å². The molecule has 0 fully saturated rings. The molecule has 2 aromatic heterocycles. The molecule has 6 heteroatoms. The molecule has 1 amide bonds. The predicted molar refractivity (Wildman–Crippen MR) is 126 cm³/mol. The molecule has 0 radical (unpaired) electrons. The van der Waals surface area contributed by atoms with Gasteiger partial charge in [-0.05, 0) is 86.8 Å². The van der Waals surface area contributed by atoms with E-state index in [0.29, 0.717) is 17.2 Å². The van der Waals surface area contributed by atoms with E-state index in [9.17, 15) is 4.79 Å². The fourth-order valence-electron chi connectivity index (χ4n) is 3.29. The van der Waals surface area contributed by atoms with Crippen molar-refractivity contribution in [2.75, 3.05) is 4.90 Å². The maximum absolute atomic E-state index is 13.5. The Balaban J connectivity index is 1.71. The van der Waals surface area contributed by atoms with Gasteiger partial charge in [0.25, 0.3) is 5.91 Å². The van der Waals surface area contributed by atoms with Crippen molar-refractivity contribution in [3.05, 3.63) is 83.2 Å². The quantitative estimate of drug-likeness (QED) is 0.379. The first-order valence-electron chi connectivity index (χ1n) is 10.3. The number of thiazole rings is 1. The van der Waals surface area contributed by atoms with E-state index in [0.717, 1.165) is 21.5 Å². The van der Waals surface area contributed by atoms with Gasteiger partial charge in [-0.25, -0.2) is 4.98 Å².